The zero-order valence-corrected chi connectivity index (χ0v) is 10.8. The van der Waals surface area contributed by atoms with Crippen molar-refractivity contribution in [2.45, 2.75) is 33.3 Å². The molecule has 1 atom stereocenters. The average molecular weight is 228 g/mol. The zero-order valence-electron chi connectivity index (χ0n) is 10.8. The summed E-state index contributed by atoms with van der Waals surface area (Å²) in [7, 11) is 0. The van der Waals surface area contributed by atoms with Gasteiger partial charge in [0, 0.05) is 6.42 Å². The van der Waals surface area contributed by atoms with Gasteiger partial charge in [0.15, 0.2) is 0 Å². The Morgan fingerprint density at radius 1 is 1.12 bits per heavy atom. The SMILES string of the molecule is CC(C)(C)C1=CCC(Oc2ccccc2)C=C1. The van der Waals surface area contributed by atoms with Gasteiger partial charge < -0.3 is 4.74 Å². The summed E-state index contributed by atoms with van der Waals surface area (Å²) in [6.07, 6.45) is 7.76. The Morgan fingerprint density at radius 2 is 1.82 bits per heavy atom. The van der Waals surface area contributed by atoms with Crippen molar-refractivity contribution >= 4 is 0 Å². The highest BCUT2D eigenvalue weighted by Crippen LogP contribution is 2.30. The first-order valence-electron chi connectivity index (χ1n) is 6.16. The molecule has 1 unspecified atom stereocenters. The molecule has 0 radical (unpaired) electrons. The molecule has 0 fully saturated rings. The summed E-state index contributed by atoms with van der Waals surface area (Å²) in [5.74, 6) is 0.940. The fourth-order valence-electron chi connectivity index (χ4n) is 1.92. The molecule has 1 aromatic carbocycles. The van der Waals surface area contributed by atoms with Crippen molar-refractivity contribution in [1.29, 1.82) is 0 Å². The minimum absolute atomic E-state index is 0.170. The summed E-state index contributed by atoms with van der Waals surface area (Å²) >= 11 is 0. The number of para-hydroxylation sites is 1. The van der Waals surface area contributed by atoms with Gasteiger partial charge in [0.25, 0.3) is 0 Å². The molecular weight excluding hydrogens is 208 g/mol. The highest BCUT2D eigenvalue weighted by molar-refractivity contribution is 5.30. The second-order valence-electron chi connectivity index (χ2n) is 5.47. The van der Waals surface area contributed by atoms with E-state index in [1.165, 1.54) is 5.57 Å². The Bertz CT molecular complexity index is 421. The normalized spacial score (nSPS) is 19.9. The van der Waals surface area contributed by atoms with E-state index in [1.54, 1.807) is 0 Å². The second kappa shape index (κ2) is 4.79. The molecule has 1 aliphatic carbocycles. The number of benzene rings is 1. The van der Waals surface area contributed by atoms with Crippen molar-refractivity contribution < 1.29 is 4.74 Å². The summed E-state index contributed by atoms with van der Waals surface area (Å²) in [4.78, 5) is 0. The van der Waals surface area contributed by atoms with Crippen LogP contribution in [0.5, 0.6) is 5.75 Å². The smallest absolute Gasteiger partial charge is 0.121 e. The van der Waals surface area contributed by atoms with Crippen molar-refractivity contribution in [3.63, 3.8) is 0 Å². The highest BCUT2D eigenvalue weighted by atomic mass is 16.5. The van der Waals surface area contributed by atoms with Gasteiger partial charge in [-0.3, -0.25) is 0 Å². The zero-order chi connectivity index (χ0) is 12.3. The lowest BCUT2D eigenvalue weighted by Gasteiger charge is -2.25. The van der Waals surface area contributed by atoms with Gasteiger partial charge in [-0.25, -0.2) is 0 Å². The Labute approximate surface area is 104 Å². The molecule has 0 amide bonds. The second-order valence-corrected chi connectivity index (χ2v) is 5.47. The largest absolute Gasteiger partial charge is 0.486 e. The quantitative estimate of drug-likeness (QED) is 0.730. The number of ether oxygens (including phenoxy) is 1. The van der Waals surface area contributed by atoms with Crippen LogP contribution in [-0.2, 0) is 0 Å². The van der Waals surface area contributed by atoms with Crippen molar-refractivity contribution in [2.24, 2.45) is 5.41 Å². The number of allylic oxidation sites excluding steroid dienone is 2. The maximum Gasteiger partial charge on any atom is 0.121 e. The van der Waals surface area contributed by atoms with Crippen LogP contribution in [0.4, 0.5) is 0 Å². The maximum atomic E-state index is 5.88. The van der Waals surface area contributed by atoms with E-state index >= 15 is 0 Å². The van der Waals surface area contributed by atoms with Gasteiger partial charge >= 0.3 is 0 Å². The Morgan fingerprint density at radius 3 is 2.35 bits per heavy atom. The van der Waals surface area contributed by atoms with E-state index in [9.17, 15) is 0 Å². The van der Waals surface area contributed by atoms with E-state index in [4.69, 9.17) is 4.74 Å². The minimum atomic E-state index is 0.170. The topological polar surface area (TPSA) is 9.23 Å². The van der Waals surface area contributed by atoms with Crippen LogP contribution in [0.1, 0.15) is 27.2 Å². The molecule has 1 aromatic rings. The van der Waals surface area contributed by atoms with E-state index in [-0.39, 0.29) is 11.5 Å². The molecule has 2 rings (SSSR count). The Balaban J connectivity index is 1.97. The van der Waals surface area contributed by atoms with Crippen LogP contribution < -0.4 is 4.74 Å². The van der Waals surface area contributed by atoms with Crippen LogP contribution in [0, 0.1) is 5.41 Å². The van der Waals surface area contributed by atoms with Gasteiger partial charge in [-0.15, -0.1) is 0 Å². The lowest BCUT2D eigenvalue weighted by atomic mass is 9.83. The van der Waals surface area contributed by atoms with E-state index < -0.39 is 0 Å². The lowest BCUT2D eigenvalue weighted by Crippen LogP contribution is -2.18. The molecular formula is C16H20O. The van der Waals surface area contributed by atoms with E-state index in [0.29, 0.717) is 0 Å². The van der Waals surface area contributed by atoms with Gasteiger partial charge in [-0.1, -0.05) is 51.1 Å². The highest BCUT2D eigenvalue weighted by Gasteiger charge is 2.18. The van der Waals surface area contributed by atoms with Crippen LogP contribution in [0.15, 0.2) is 54.1 Å². The standard InChI is InChI=1S/C16H20O/c1-16(2,3)13-9-11-15(12-10-13)17-14-7-5-4-6-8-14/h4-11,15H,12H2,1-3H3. The molecule has 0 aromatic heterocycles. The van der Waals surface area contributed by atoms with Crippen LogP contribution in [0.2, 0.25) is 0 Å². The molecule has 0 bridgehead atoms. The van der Waals surface area contributed by atoms with Crippen molar-refractivity contribution in [2.75, 3.05) is 0 Å². The molecule has 1 nitrogen and oxygen atoms in total. The number of rotatable bonds is 2. The van der Waals surface area contributed by atoms with Crippen molar-refractivity contribution in [3.8, 4) is 5.75 Å². The van der Waals surface area contributed by atoms with Crippen LogP contribution in [0.25, 0.3) is 0 Å². The summed E-state index contributed by atoms with van der Waals surface area (Å²) in [5, 5.41) is 0. The van der Waals surface area contributed by atoms with Crippen LogP contribution >= 0.6 is 0 Å². The third kappa shape index (κ3) is 3.23. The first kappa shape index (κ1) is 12.0. The summed E-state index contributed by atoms with van der Waals surface area (Å²) in [6, 6.07) is 9.99. The van der Waals surface area contributed by atoms with Gasteiger partial charge in [-0.05, 0) is 29.2 Å². The number of hydrogen-bond donors (Lipinski definition) is 0. The first-order valence-corrected chi connectivity index (χ1v) is 6.16. The Hall–Kier alpha value is -1.50. The lowest BCUT2D eigenvalue weighted by molar-refractivity contribution is 0.250. The van der Waals surface area contributed by atoms with Crippen molar-refractivity contribution in [3.05, 3.63) is 54.1 Å². The molecule has 0 heterocycles. The van der Waals surface area contributed by atoms with Crippen LogP contribution in [-0.4, -0.2) is 6.10 Å². The molecule has 0 saturated heterocycles. The van der Waals surface area contributed by atoms with Gasteiger partial charge in [0.2, 0.25) is 0 Å². The first-order chi connectivity index (χ1) is 8.05. The van der Waals surface area contributed by atoms with E-state index in [2.05, 4.69) is 39.0 Å². The molecule has 0 aliphatic heterocycles. The van der Waals surface area contributed by atoms with E-state index in [0.717, 1.165) is 12.2 Å². The van der Waals surface area contributed by atoms with Crippen LogP contribution in [0.3, 0.4) is 0 Å². The fraction of sp³-hybridized carbons (Fsp3) is 0.375. The number of hydrogen-bond acceptors (Lipinski definition) is 1. The minimum Gasteiger partial charge on any atom is -0.486 e. The molecule has 90 valence electrons. The summed E-state index contributed by atoms with van der Waals surface area (Å²) < 4.78 is 5.88. The molecule has 0 N–H and O–H groups in total. The third-order valence-electron chi connectivity index (χ3n) is 2.96. The predicted octanol–water partition coefficient (Wildman–Crippen LogP) is 4.37. The van der Waals surface area contributed by atoms with Crippen molar-refractivity contribution in [1.82, 2.24) is 0 Å². The van der Waals surface area contributed by atoms with Gasteiger partial charge in [0.1, 0.15) is 11.9 Å². The summed E-state index contributed by atoms with van der Waals surface area (Å²) in [6.45, 7) is 6.71. The average Bonchev–Trinajstić information content (AvgIpc) is 2.30. The molecule has 1 heteroatoms. The monoisotopic (exact) mass is 228 g/mol. The molecule has 17 heavy (non-hydrogen) atoms. The molecule has 1 aliphatic rings. The van der Waals surface area contributed by atoms with Gasteiger partial charge in [0.05, 0.1) is 0 Å². The van der Waals surface area contributed by atoms with E-state index in [1.807, 2.05) is 30.3 Å². The maximum absolute atomic E-state index is 5.88. The molecule has 0 spiro atoms. The summed E-state index contributed by atoms with van der Waals surface area (Å²) in [5.41, 5.74) is 1.62. The molecule has 0 saturated carbocycles. The predicted molar refractivity (Wildman–Crippen MR) is 72.2 cm³/mol. The Kier molecular flexibility index (Phi) is 3.37. The third-order valence-corrected chi connectivity index (χ3v) is 2.96. The van der Waals surface area contributed by atoms with Gasteiger partial charge in [-0.2, -0.15) is 0 Å². The fourth-order valence-corrected chi connectivity index (χ4v) is 1.92.